The van der Waals surface area contributed by atoms with Crippen LogP contribution in [-0.2, 0) is 9.59 Å². The van der Waals surface area contributed by atoms with Crippen LogP contribution >= 0.6 is 11.8 Å². The first kappa shape index (κ1) is 16.3. The second-order valence-electron chi connectivity index (χ2n) is 5.45. The van der Waals surface area contributed by atoms with Crippen molar-refractivity contribution in [1.29, 1.82) is 0 Å². The molecule has 0 unspecified atom stereocenters. The standard InChI is InChI=1S/C19H18N2O2S/c1-20(16-10-6-3-7-11-16)18(22)12-21-17(13-24-14-19(21)23)15-8-4-2-5-9-15/h2-11,13H,12,14H2,1H3. The molecule has 1 heterocycles. The summed E-state index contributed by atoms with van der Waals surface area (Å²) in [6, 6.07) is 19.1. The summed E-state index contributed by atoms with van der Waals surface area (Å²) in [4.78, 5) is 28.2. The van der Waals surface area contributed by atoms with E-state index in [0.717, 1.165) is 16.9 Å². The Morgan fingerprint density at radius 2 is 1.71 bits per heavy atom. The van der Waals surface area contributed by atoms with Crippen LogP contribution in [0.3, 0.4) is 0 Å². The lowest BCUT2D eigenvalue weighted by Gasteiger charge is -2.30. The smallest absolute Gasteiger partial charge is 0.246 e. The van der Waals surface area contributed by atoms with Crippen molar-refractivity contribution in [2.24, 2.45) is 0 Å². The lowest BCUT2D eigenvalue weighted by atomic mass is 10.1. The Labute approximate surface area is 145 Å². The number of carbonyl (C=O) groups excluding carboxylic acids is 2. The van der Waals surface area contributed by atoms with Gasteiger partial charge in [-0.15, -0.1) is 11.8 Å². The van der Waals surface area contributed by atoms with Crippen molar-refractivity contribution >= 4 is 35.0 Å². The molecule has 0 saturated heterocycles. The van der Waals surface area contributed by atoms with Crippen molar-refractivity contribution in [2.75, 3.05) is 24.2 Å². The third kappa shape index (κ3) is 3.51. The molecule has 0 radical (unpaired) electrons. The van der Waals surface area contributed by atoms with Gasteiger partial charge in [0, 0.05) is 12.7 Å². The molecule has 0 fully saturated rings. The number of para-hydroxylation sites is 1. The molecule has 0 N–H and O–H groups in total. The van der Waals surface area contributed by atoms with E-state index >= 15 is 0 Å². The molecule has 4 nitrogen and oxygen atoms in total. The van der Waals surface area contributed by atoms with Gasteiger partial charge in [0.15, 0.2) is 0 Å². The van der Waals surface area contributed by atoms with E-state index in [9.17, 15) is 9.59 Å². The van der Waals surface area contributed by atoms with Crippen LogP contribution < -0.4 is 4.90 Å². The maximum absolute atomic E-state index is 12.6. The molecule has 1 aliphatic heterocycles. The van der Waals surface area contributed by atoms with Gasteiger partial charge in [0.25, 0.3) is 0 Å². The summed E-state index contributed by atoms with van der Waals surface area (Å²) in [5, 5.41) is 1.95. The van der Waals surface area contributed by atoms with Crippen LogP contribution in [0.2, 0.25) is 0 Å². The molecular weight excluding hydrogens is 320 g/mol. The van der Waals surface area contributed by atoms with E-state index in [2.05, 4.69) is 0 Å². The molecule has 0 aliphatic carbocycles. The number of benzene rings is 2. The van der Waals surface area contributed by atoms with Gasteiger partial charge in [-0.05, 0) is 23.1 Å². The highest BCUT2D eigenvalue weighted by atomic mass is 32.2. The van der Waals surface area contributed by atoms with Crippen molar-refractivity contribution in [3.63, 3.8) is 0 Å². The van der Waals surface area contributed by atoms with E-state index in [1.54, 1.807) is 16.8 Å². The van der Waals surface area contributed by atoms with Gasteiger partial charge < -0.3 is 9.80 Å². The van der Waals surface area contributed by atoms with Gasteiger partial charge in [-0.2, -0.15) is 0 Å². The Bertz CT molecular complexity index is 759. The third-order valence-corrected chi connectivity index (χ3v) is 4.68. The lowest BCUT2D eigenvalue weighted by molar-refractivity contribution is -0.129. The molecule has 5 heteroatoms. The summed E-state index contributed by atoms with van der Waals surface area (Å²) < 4.78 is 0. The second-order valence-corrected chi connectivity index (χ2v) is 6.31. The molecule has 122 valence electrons. The van der Waals surface area contributed by atoms with Crippen LogP contribution in [0, 0.1) is 0 Å². The van der Waals surface area contributed by atoms with Gasteiger partial charge in [0.2, 0.25) is 11.8 Å². The van der Waals surface area contributed by atoms with Crippen LogP contribution in [-0.4, -0.2) is 36.1 Å². The van der Waals surface area contributed by atoms with E-state index < -0.39 is 0 Å². The largest absolute Gasteiger partial charge is 0.314 e. The van der Waals surface area contributed by atoms with E-state index in [1.807, 2.05) is 66.1 Å². The number of amides is 2. The van der Waals surface area contributed by atoms with Gasteiger partial charge in [-0.3, -0.25) is 9.59 Å². The maximum atomic E-state index is 12.6. The maximum Gasteiger partial charge on any atom is 0.246 e. The zero-order valence-electron chi connectivity index (χ0n) is 13.4. The summed E-state index contributed by atoms with van der Waals surface area (Å²) in [6.07, 6.45) is 0. The molecule has 0 atom stereocenters. The average molecular weight is 338 g/mol. The van der Waals surface area contributed by atoms with Crippen LogP contribution in [0.25, 0.3) is 5.70 Å². The van der Waals surface area contributed by atoms with Gasteiger partial charge in [0.1, 0.15) is 6.54 Å². The third-order valence-electron chi connectivity index (χ3n) is 3.87. The number of nitrogens with zero attached hydrogens (tertiary/aromatic N) is 2. The highest BCUT2D eigenvalue weighted by molar-refractivity contribution is 8.03. The first-order valence-electron chi connectivity index (χ1n) is 7.66. The molecule has 2 amide bonds. The minimum Gasteiger partial charge on any atom is -0.314 e. The van der Waals surface area contributed by atoms with E-state index in [4.69, 9.17) is 0 Å². The number of anilines is 1. The lowest BCUT2D eigenvalue weighted by Crippen LogP contribution is -2.42. The van der Waals surface area contributed by atoms with Crippen molar-refractivity contribution in [3.05, 3.63) is 71.6 Å². The molecule has 2 aromatic carbocycles. The van der Waals surface area contributed by atoms with Crippen molar-refractivity contribution < 1.29 is 9.59 Å². The number of thioether (sulfide) groups is 1. The highest BCUT2D eigenvalue weighted by Gasteiger charge is 2.26. The predicted molar refractivity (Wildman–Crippen MR) is 98.4 cm³/mol. The molecule has 0 spiro atoms. The Balaban J connectivity index is 1.81. The number of hydrogen-bond donors (Lipinski definition) is 0. The molecule has 1 aliphatic rings. The Kier molecular flexibility index (Phi) is 5.01. The number of carbonyl (C=O) groups is 2. The zero-order chi connectivity index (χ0) is 16.9. The summed E-state index contributed by atoms with van der Waals surface area (Å²) in [7, 11) is 1.73. The summed E-state index contributed by atoms with van der Waals surface area (Å²) >= 11 is 1.46. The SMILES string of the molecule is CN(C(=O)CN1C(=O)CSC=C1c1ccccc1)c1ccccc1. The molecule has 0 aromatic heterocycles. The number of likely N-dealkylation sites (N-methyl/N-ethyl adjacent to an activating group) is 1. The Morgan fingerprint density at radius 1 is 1.08 bits per heavy atom. The highest BCUT2D eigenvalue weighted by Crippen LogP contribution is 2.28. The molecule has 3 rings (SSSR count). The van der Waals surface area contributed by atoms with Crippen molar-refractivity contribution in [2.45, 2.75) is 0 Å². The van der Waals surface area contributed by atoms with Crippen molar-refractivity contribution in [1.82, 2.24) is 4.90 Å². The average Bonchev–Trinajstić information content (AvgIpc) is 2.64. The number of rotatable bonds is 4. The van der Waals surface area contributed by atoms with Crippen LogP contribution in [0.15, 0.2) is 66.1 Å². The molecular formula is C19H18N2O2S. The molecule has 0 saturated carbocycles. The minimum atomic E-state index is -0.122. The second kappa shape index (κ2) is 7.36. The van der Waals surface area contributed by atoms with Gasteiger partial charge in [-0.1, -0.05) is 48.5 Å². The van der Waals surface area contributed by atoms with E-state index in [1.165, 1.54) is 11.8 Å². The minimum absolute atomic E-state index is 0.0332. The Hall–Kier alpha value is -2.53. The zero-order valence-corrected chi connectivity index (χ0v) is 14.2. The van der Waals surface area contributed by atoms with Crippen molar-refractivity contribution in [3.8, 4) is 0 Å². The van der Waals surface area contributed by atoms with Gasteiger partial charge >= 0.3 is 0 Å². The van der Waals surface area contributed by atoms with E-state index in [0.29, 0.717) is 5.75 Å². The summed E-state index contributed by atoms with van der Waals surface area (Å²) in [6.45, 7) is 0.0332. The van der Waals surface area contributed by atoms with Crippen LogP contribution in [0.1, 0.15) is 5.56 Å². The molecule has 2 aromatic rings. The topological polar surface area (TPSA) is 40.6 Å². The van der Waals surface area contributed by atoms with Gasteiger partial charge in [-0.25, -0.2) is 0 Å². The summed E-state index contributed by atoms with van der Waals surface area (Å²) in [5.74, 6) is 0.193. The fraction of sp³-hybridized carbons (Fsp3) is 0.158. The van der Waals surface area contributed by atoms with Gasteiger partial charge in [0.05, 0.1) is 11.4 Å². The fourth-order valence-corrected chi connectivity index (χ4v) is 3.31. The van der Waals surface area contributed by atoms with Crippen LogP contribution in [0.4, 0.5) is 5.69 Å². The van der Waals surface area contributed by atoms with Crippen LogP contribution in [0.5, 0.6) is 0 Å². The predicted octanol–water partition coefficient (Wildman–Crippen LogP) is 3.22. The monoisotopic (exact) mass is 338 g/mol. The molecule has 0 bridgehead atoms. The molecule has 24 heavy (non-hydrogen) atoms. The normalized spacial score (nSPS) is 14.3. The Morgan fingerprint density at radius 3 is 2.38 bits per heavy atom. The van der Waals surface area contributed by atoms with E-state index in [-0.39, 0.29) is 18.4 Å². The first-order chi connectivity index (χ1) is 11.7. The number of hydrogen-bond acceptors (Lipinski definition) is 3. The quantitative estimate of drug-likeness (QED) is 0.859. The summed E-state index contributed by atoms with van der Waals surface area (Å²) in [5.41, 5.74) is 2.53. The fourth-order valence-electron chi connectivity index (χ4n) is 2.51. The first-order valence-corrected chi connectivity index (χ1v) is 8.71.